The van der Waals surface area contributed by atoms with E-state index in [1.54, 1.807) is 0 Å². The molecule has 1 nitrogen and oxygen atoms in total. The van der Waals surface area contributed by atoms with Crippen LogP contribution in [0.15, 0.2) is 59.5 Å². The van der Waals surface area contributed by atoms with Gasteiger partial charge in [-0.05, 0) is 12.1 Å². The van der Waals surface area contributed by atoms with Crippen molar-refractivity contribution in [2.45, 2.75) is 4.90 Å². The second kappa shape index (κ2) is 5.23. The highest BCUT2D eigenvalue weighted by molar-refractivity contribution is 8.68. The molecule has 0 aliphatic rings. The van der Waals surface area contributed by atoms with Crippen LogP contribution in [0.3, 0.4) is 0 Å². The minimum absolute atomic E-state index is 0.0396. The van der Waals surface area contributed by atoms with Gasteiger partial charge in [-0.15, -0.1) is 11.7 Å². The van der Waals surface area contributed by atoms with Gasteiger partial charge in [-0.1, -0.05) is 53.3 Å². The van der Waals surface area contributed by atoms with E-state index in [1.165, 1.54) is 10.8 Å². The molecule has 0 aliphatic carbocycles. The Labute approximate surface area is 104 Å². The van der Waals surface area contributed by atoms with Crippen LogP contribution in [-0.2, 0) is 0 Å². The smallest absolute Gasteiger partial charge is 0.194 e. The summed E-state index contributed by atoms with van der Waals surface area (Å²) in [6.45, 7) is 0. The third-order valence-electron chi connectivity index (χ3n) is 2.27. The highest BCUT2D eigenvalue weighted by atomic mass is 33.1. The molecule has 0 saturated carbocycles. The summed E-state index contributed by atoms with van der Waals surface area (Å²) in [5, 5.41) is 0. The largest absolute Gasteiger partial charge is 0.289 e. The van der Waals surface area contributed by atoms with Crippen LogP contribution in [-0.4, -0.2) is 5.78 Å². The molecule has 2 aromatic rings. The highest BCUT2D eigenvalue weighted by Gasteiger charge is 2.12. The van der Waals surface area contributed by atoms with Crippen molar-refractivity contribution in [1.82, 2.24) is 0 Å². The van der Waals surface area contributed by atoms with E-state index >= 15 is 0 Å². The molecule has 0 atom stereocenters. The molecule has 0 aliphatic heterocycles. The minimum Gasteiger partial charge on any atom is -0.289 e. The first-order chi connectivity index (χ1) is 7.83. The predicted molar refractivity (Wildman–Crippen MR) is 71.2 cm³/mol. The Bertz CT molecular complexity index is 494. The molecule has 0 radical (unpaired) electrons. The molecule has 0 heterocycles. The summed E-state index contributed by atoms with van der Waals surface area (Å²) < 4.78 is 0. The summed E-state index contributed by atoms with van der Waals surface area (Å²) in [5.74, 6) is 0.0396. The zero-order valence-electron chi connectivity index (χ0n) is 8.46. The van der Waals surface area contributed by atoms with Crippen LogP contribution in [0.2, 0.25) is 0 Å². The van der Waals surface area contributed by atoms with Crippen molar-refractivity contribution in [2.24, 2.45) is 0 Å². The number of hydrogen-bond donors (Lipinski definition) is 1. The molecule has 0 saturated heterocycles. The average molecular weight is 246 g/mol. The Morgan fingerprint density at radius 1 is 0.938 bits per heavy atom. The van der Waals surface area contributed by atoms with Crippen molar-refractivity contribution in [3.8, 4) is 0 Å². The van der Waals surface area contributed by atoms with Gasteiger partial charge in [-0.25, -0.2) is 0 Å². The molecule has 2 aromatic carbocycles. The Balaban J connectivity index is 2.42. The van der Waals surface area contributed by atoms with Crippen LogP contribution >= 0.6 is 22.5 Å². The van der Waals surface area contributed by atoms with Gasteiger partial charge < -0.3 is 0 Å². The lowest BCUT2D eigenvalue weighted by Crippen LogP contribution is -2.02. The third-order valence-corrected chi connectivity index (χ3v) is 3.41. The molecule has 0 bridgehead atoms. The van der Waals surface area contributed by atoms with E-state index in [1.807, 2.05) is 54.6 Å². The van der Waals surface area contributed by atoms with Crippen LogP contribution in [0, 0.1) is 0 Å². The summed E-state index contributed by atoms with van der Waals surface area (Å²) in [4.78, 5) is 13.1. The van der Waals surface area contributed by atoms with Gasteiger partial charge in [-0.2, -0.15) is 0 Å². The first kappa shape index (κ1) is 11.3. The van der Waals surface area contributed by atoms with Gasteiger partial charge in [0.25, 0.3) is 0 Å². The van der Waals surface area contributed by atoms with Crippen LogP contribution < -0.4 is 0 Å². The van der Waals surface area contributed by atoms with E-state index in [4.69, 9.17) is 0 Å². The number of carbonyl (C=O) groups is 1. The van der Waals surface area contributed by atoms with Crippen molar-refractivity contribution >= 4 is 28.2 Å². The summed E-state index contributed by atoms with van der Waals surface area (Å²) in [6, 6.07) is 16.8. The Morgan fingerprint density at radius 2 is 1.56 bits per heavy atom. The molecule has 2 rings (SSSR count). The molecule has 80 valence electrons. The molecular formula is C13H10OS2. The Kier molecular flexibility index (Phi) is 3.70. The van der Waals surface area contributed by atoms with Crippen LogP contribution in [0.4, 0.5) is 0 Å². The first-order valence-corrected chi connectivity index (χ1v) is 6.70. The average Bonchev–Trinajstić information content (AvgIpc) is 2.39. The standard InChI is InChI=1S/C13H10OS2/c14-13(10-6-2-1-3-7-10)11-8-4-5-9-12(11)16-15/h1-9,15H. The number of benzene rings is 2. The van der Waals surface area contributed by atoms with Crippen molar-refractivity contribution in [2.75, 3.05) is 0 Å². The van der Waals surface area contributed by atoms with E-state index in [0.29, 0.717) is 11.1 Å². The second-order valence-electron chi connectivity index (χ2n) is 3.28. The van der Waals surface area contributed by atoms with Gasteiger partial charge in [0.1, 0.15) is 0 Å². The molecule has 3 heteroatoms. The maximum Gasteiger partial charge on any atom is 0.194 e. The number of hydrogen-bond acceptors (Lipinski definition) is 3. The SMILES string of the molecule is O=C(c1ccccc1)c1ccccc1SS. The predicted octanol–water partition coefficient (Wildman–Crippen LogP) is 3.85. The lowest BCUT2D eigenvalue weighted by molar-refractivity contribution is 0.103. The van der Waals surface area contributed by atoms with E-state index in [9.17, 15) is 4.79 Å². The fraction of sp³-hybridized carbons (Fsp3) is 0. The molecule has 0 unspecified atom stereocenters. The van der Waals surface area contributed by atoms with Gasteiger partial charge in [0.2, 0.25) is 0 Å². The van der Waals surface area contributed by atoms with E-state index in [-0.39, 0.29) is 5.78 Å². The summed E-state index contributed by atoms with van der Waals surface area (Å²) in [5.41, 5.74) is 1.41. The molecule has 0 amide bonds. The zero-order valence-corrected chi connectivity index (χ0v) is 10.2. The fourth-order valence-corrected chi connectivity index (χ4v) is 2.35. The van der Waals surface area contributed by atoms with Crippen molar-refractivity contribution < 1.29 is 4.79 Å². The van der Waals surface area contributed by atoms with Gasteiger partial charge in [0, 0.05) is 16.0 Å². The van der Waals surface area contributed by atoms with E-state index in [0.717, 1.165) is 4.90 Å². The summed E-state index contributed by atoms with van der Waals surface area (Å²) >= 11 is 4.15. The number of thiol groups is 1. The van der Waals surface area contributed by atoms with Crippen molar-refractivity contribution in [3.63, 3.8) is 0 Å². The first-order valence-electron chi connectivity index (χ1n) is 4.83. The number of ketones is 1. The Morgan fingerprint density at radius 3 is 2.25 bits per heavy atom. The lowest BCUT2D eigenvalue weighted by atomic mass is 10.0. The molecular weight excluding hydrogens is 236 g/mol. The Hall–Kier alpha value is -1.19. The quantitative estimate of drug-likeness (QED) is 0.503. The summed E-state index contributed by atoms with van der Waals surface area (Å²) in [7, 11) is 1.29. The van der Waals surface area contributed by atoms with Gasteiger partial charge in [0.15, 0.2) is 5.78 Å². The van der Waals surface area contributed by atoms with Crippen LogP contribution in [0.25, 0.3) is 0 Å². The monoisotopic (exact) mass is 246 g/mol. The van der Waals surface area contributed by atoms with Crippen molar-refractivity contribution in [3.05, 3.63) is 65.7 Å². The lowest BCUT2D eigenvalue weighted by Gasteiger charge is -2.05. The minimum atomic E-state index is 0.0396. The van der Waals surface area contributed by atoms with E-state index < -0.39 is 0 Å². The zero-order chi connectivity index (χ0) is 11.4. The molecule has 0 spiro atoms. The second-order valence-corrected chi connectivity index (χ2v) is 4.45. The van der Waals surface area contributed by atoms with Crippen molar-refractivity contribution in [1.29, 1.82) is 0 Å². The normalized spacial score (nSPS) is 10.1. The molecule has 16 heavy (non-hydrogen) atoms. The topological polar surface area (TPSA) is 17.1 Å². The number of carbonyl (C=O) groups excluding carboxylic acids is 1. The van der Waals surface area contributed by atoms with Crippen LogP contribution in [0.1, 0.15) is 15.9 Å². The molecule has 0 aromatic heterocycles. The molecule has 0 N–H and O–H groups in total. The van der Waals surface area contributed by atoms with Gasteiger partial charge >= 0.3 is 0 Å². The van der Waals surface area contributed by atoms with Gasteiger partial charge in [0.05, 0.1) is 0 Å². The van der Waals surface area contributed by atoms with Crippen LogP contribution in [0.5, 0.6) is 0 Å². The fourth-order valence-electron chi connectivity index (χ4n) is 1.48. The third kappa shape index (κ3) is 2.31. The van der Waals surface area contributed by atoms with E-state index in [2.05, 4.69) is 11.7 Å². The maximum atomic E-state index is 12.2. The highest BCUT2D eigenvalue weighted by Crippen LogP contribution is 2.27. The maximum absolute atomic E-state index is 12.2. The van der Waals surface area contributed by atoms with Gasteiger partial charge in [-0.3, -0.25) is 4.79 Å². The number of rotatable bonds is 3. The summed E-state index contributed by atoms with van der Waals surface area (Å²) in [6.07, 6.45) is 0. The molecule has 0 fully saturated rings.